The third-order valence-corrected chi connectivity index (χ3v) is 6.63. The number of ether oxygens (including phenoxy) is 3. The number of amides is 1. The second kappa shape index (κ2) is 11.5. The third-order valence-electron chi connectivity index (χ3n) is 6.13. The van der Waals surface area contributed by atoms with Crippen molar-refractivity contribution in [3.8, 4) is 11.5 Å². The minimum Gasteiger partial charge on any atom is -0.466 e. The first-order chi connectivity index (χ1) is 18.1. The zero-order valence-corrected chi connectivity index (χ0v) is 22.2. The number of esters is 1. The van der Waals surface area contributed by atoms with Crippen LogP contribution in [0, 0.1) is 0 Å². The van der Waals surface area contributed by atoms with Crippen molar-refractivity contribution < 1.29 is 37.0 Å². The highest BCUT2D eigenvalue weighted by atomic mass is 79.9. The molecular formula is C28H25BrF3NO5. The number of nitrogens with zero attached hydrogens (tertiary/aromatic N) is 1. The summed E-state index contributed by atoms with van der Waals surface area (Å²) >= 11 is 3.43. The van der Waals surface area contributed by atoms with E-state index in [2.05, 4.69) is 15.9 Å². The molecule has 6 nitrogen and oxygen atoms in total. The smallest absolute Gasteiger partial charge is 0.416 e. The first-order valence-corrected chi connectivity index (χ1v) is 12.7. The van der Waals surface area contributed by atoms with Gasteiger partial charge in [0, 0.05) is 10.0 Å². The van der Waals surface area contributed by atoms with Gasteiger partial charge in [0.1, 0.15) is 17.6 Å². The Morgan fingerprint density at radius 1 is 1.05 bits per heavy atom. The van der Waals surface area contributed by atoms with E-state index >= 15 is 0 Å². The molecule has 38 heavy (non-hydrogen) atoms. The highest BCUT2D eigenvalue weighted by Crippen LogP contribution is 2.38. The second-order valence-electron chi connectivity index (χ2n) is 8.74. The van der Waals surface area contributed by atoms with Crippen molar-refractivity contribution in [1.29, 1.82) is 0 Å². The Hall–Kier alpha value is -3.53. The van der Waals surface area contributed by atoms with Crippen LogP contribution in [0.5, 0.6) is 11.5 Å². The van der Waals surface area contributed by atoms with Gasteiger partial charge in [0.2, 0.25) is 0 Å². The summed E-state index contributed by atoms with van der Waals surface area (Å²) in [6.45, 7) is 3.67. The number of rotatable bonds is 8. The molecule has 0 aliphatic carbocycles. The van der Waals surface area contributed by atoms with E-state index in [1.807, 2.05) is 37.3 Å². The molecule has 3 aromatic rings. The van der Waals surface area contributed by atoms with Crippen molar-refractivity contribution >= 4 is 28.0 Å². The molecule has 1 saturated heterocycles. The largest absolute Gasteiger partial charge is 0.466 e. The van der Waals surface area contributed by atoms with Crippen LogP contribution in [0.3, 0.4) is 0 Å². The molecule has 1 fully saturated rings. The molecule has 0 N–H and O–H groups in total. The average molecular weight is 592 g/mol. The van der Waals surface area contributed by atoms with E-state index in [-0.39, 0.29) is 30.5 Å². The number of alkyl halides is 3. The zero-order chi connectivity index (χ0) is 27.4. The fraction of sp³-hybridized carbons (Fsp3) is 0.286. The molecule has 10 heteroatoms. The summed E-state index contributed by atoms with van der Waals surface area (Å²) in [5.74, 6) is -0.313. The van der Waals surface area contributed by atoms with Crippen molar-refractivity contribution in [3.05, 3.63) is 93.5 Å². The predicted octanol–water partition coefficient (Wildman–Crippen LogP) is 7.45. The second-order valence-corrected chi connectivity index (χ2v) is 9.65. The maximum absolute atomic E-state index is 13.6. The van der Waals surface area contributed by atoms with Crippen LogP contribution in [0.1, 0.15) is 42.2 Å². The summed E-state index contributed by atoms with van der Waals surface area (Å²) in [5, 5.41) is 0. The molecule has 1 amide bonds. The molecule has 0 unspecified atom stereocenters. The Bertz CT molecular complexity index is 1320. The van der Waals surface area contributed by atoms with Gasteiger partial charge in [-0.05, 0) is 61.4 Å². The number of hydrogen-bond acceptors (Lipinski definition) is 5. The fourth-order valence-electron chi connectivity index (χ4n) is 4.31. The van der Waals surface area contributed by atoms with Gasteiger partial charge in [0.15, 0.2) is 0 Å². The number of carbonyl (C=O) groups excluding carboxylic acids is 2. The average Bonchev–Trinajstić information content (AvgIpc) is 3.14. The molecule has 4 rings (SSSR count). The van der Waals surface area contributed by atoms with Crippen LogP contribution >= 0.6 is 15.9 Å². The first kappa shape index (κ1) is 27.5. The molecule has 1 aliphatic rings. The summed E-state index contributed by atoms with van der Waals surface area (Å²) in [6.07, 6.45) is -6.13. The topological polar surface area (TPSA) is 65.1 Å². The van der Waals surface area contributed by atoms with Crippen LogP contribution in [-0.4, -0.2) is 29.6 Å². The molecule has 0 aromatic heterocycles. The molecule has 0 radical (unpaired) electrons. The number of benzene rings is 3. The van der Waals surface area contributed by atoms with Gasteiger partial charge in [0.25, 0.3) is 0 Å². The molecular weight excluding hydrogens is 567 g/mol. The van der Waals surface area contributed by atoms with Crippen LogP contribution in [0.25, 0.3) is 0 Å². The number of halogens is 4. The Morgan fingerprint density at radius 3 is 2.47 bits per heavy atom. The van der Waals surface area contributed by atoms with E-state index in [4.69, 9.17) is 14.2 Å². The van der Waals surface area contributed by atoms with Gasteiger partial charge in [-0.1, -0.05) is 46.3 Å². The summed E-state index contributed by atoms with van der Waals surface area (Å²) < 4.78 is 57.9. The maximum atomic E-state index is 13.6. The van der Waals surface area contributed by atoms with E-state index in [1.165, 1.54) is 12.1 Å². The molecule has 0 saturated carbocycles. The number of cyclic esters (lactones) is 1. The Balaban J connectivity index is 1.60. The summed E-state index contributed by atoms with van der Waals surface area (Å²) in [4.78, 5) is 26.3. The maximum Gasteiger partial charge on any atom is 0.416 e. The van der Waals surface area contributed by atoms with Gasteiger partial charge in [0.05, 0.1) is 31.2 Å². The van der Waals surface area contributed by atoms with Gasteiger partial charge in [-0.3, -0.25) is 9.69 Å². The van der Waals surface area contributed by atoms with Crippen molar-refractivity contribution in [2.24, 2.45) is 0 Å². The van der Waals surface area contributed by atoms with Crippen molar-refractivity contribution in [2.45, 2.75) is 45.1 Å². The molecule has 2 atom stereocenters. The molecule has 200 valence electrons. The minimum atomic E-state index is -4.65. The summed E-state index contributed by atoms with van der Waals surface area (Å²) in [6, 6.07) is 17.6. The van der Waals surface area contributed by atoms with Crippen LogP contribution in [0.15, 0.2) is 71.2 Å². The normalized spacial score (nSPS) is 17.3. The minimum absolute atomic E-state index is 0.0567. The van der Waals surface area contributed by atoms with Crippen molar-refractivity contribution in [2.75, 3.05) is 6.61 Å². The van der Waals surface area contributed by atoms with E-state index in [0.29, 0.717) is 11.3 Å². The molecule has 0 spiro atoms. The SMILES string of the molecule is CCOC(=O)Cc1cc(Oc2ccc(Br)cc2CN2C(=O)O[C@@H](c3ccccc3)[C@H]2C)ccc1C(F)(F)F. The van der Waals surface area contributed by atoms with Crippen LogP contribution in [0.4, 0.5) is 18.0 Å². The molecule has 0 bridgehead atoms. The van der Waals surface area contributed by atoms with Gasteiger partial charge in [-0.2, -0.15) is 13.2 Å². The van der Waals surface area contributed by atoms with Crippen LogP contribution in [-0.2, 0) is 33.4 Å². The lowest BCUT2D eigenvalue weighted by molar-refractivity contribution is -0.143. The fourth-order valence-corrected chi connectivity index (χ4v) is 4.72. The Labute approximate surface area is 226 Å². The van der Waals surface area contributed by atoms with Gasteiger partial charge < -0.3 is 14.2 Å². The predicted molar refractivity (Wildman–Crippen MR) is 137 cm³/mol. The zero-order valence-electron chi connectivity index (χ0n) is 20.6. The first-order valence-electron chi connectivity index (χ1n) is 11.9. The van der Waals surface area contributed by atoms with Crippen molar-refractivity contribution in [3.63, 3.8) is 0 Å². The summed E-state index contributed by atoms with van der Waals surface area (Å²) in [7, 11) is 0. The van der Waals surface area contributed by atoms with Crippen LogP contribution < -0.4 is 4.74 Å². The van der Waals surface area contributed by atoms with E-state index in [1.54, 1.807) is 30.0 Å². The quantitative estimate of drug-likeness (QED) is 0.255. The van der Waals surface area contributed by atoms with Crippen LogP contribution in [0.2, 0.25) is 0 Å². The van der Waals surface area contributed by atoms with E-state index in [9.17, 15) is 22.8 Å². The molecule has 3 aromatic carbocycles. The van der Waals surface area contributed by atoms with E-state index in [0.717, 1.165) is 16.1 Å². The molecule has 1 aliphatic heterocycles. The molecule has 1 heterocycles. The Morgan fingerprint density at radius 2 is 1.79 bits per heavy atom. The highest BCUT2D eigenvalue weighted by molar-refractivity contribution is 9.10. The van der Waals surface area contributed by atoms with E-state index < -0.39 is 36.3 Å². The highest BCUT2D eigenvalue weighted by Gasteiger charge is 2.40. The van der Waals surface area contributed by atoms with Gasteiger partial charge >= 0.3 is 18.2 Å². The Kier molecular flexibility index (Phi) is 8.30. The monoisotopic (exact) mass is 591 g/mol. The number of hydrogen-bond donors (Lipinski definition) is 0. The van der Waals surface area contributed by atoms with Crippen molar-refractivity contribution in [1.82, 2.24) is 4.90 Å². The standard InChI is InChI=1S/C28H25BrF3NO5/c1-3-36-25(34)15-19-14-22(10-11-23(19)28(30,31)32)37-24-12-9-21(29)13-20(24)16-33-17(2)26(38-27(33)35)18-7-5-4-6-8-18/h4-14,17,26H,3,15-16H2,1-2H3/t17-,26-/m1/s1. The summed E-state index contributed by atoms with van der Waals surface area (Å²) in [5.41, 5.74) is 0.299. The lowest BCUT2D eigenvalue weighted by Gasteiger charge is -2.22. The number of carbonyl (C=O) groups is 2. The lowest BCUT2D eigenvalue weighted by atomic mass is 10.0. The third kappa shape index (κ3) is 6.30. The lowest BCUT2D eigenvalue weighted by Crippen LogP contribution is -2.31. The van der Waals surface area contributed by atoms with Gasteiger partial charge in [-0.15, -0.1) is 0 Å². The van der Waals surface area contributed by atoms with Gasteiger partial charge in [-0.25, -0.2) is 4.79 Å².